The van der Waals surface area contributed by atoms with Crippen LogP contribution in [-0.4, -0.2) is 32.3 Å². The van der Waals surface area contributed by atoms with Gasteiger partial charge in [-0.25, -0.2) is 13.6 Å². The van der Waals surface area contributed by atoms with Crippen LogP contribution < -0.4 is 10.5 Å². The normalized spacial score (nSPS) is 15.0. The van der Waals surface area contributed by atoms with E-state index in [4.69, 9.17) is 5.14 Å². The minimum absolute atomic E-state index is 0.0623. The smallest absolute Gasteiger partial charge is 0.251 e. The maximum atomic E-state index is 12.6. The molecule has 3 N–H and O–H groups in total. The topological polar surface area (TPSA) is 92.5 Å². The number of hydrogen-bond acceptors (Lipinski definition) is 4. The Morgan fingerprint density at radius 3 is 2.44 bits per heavy atom. The lowest BCUT2D eigenvalue weighted by molar-refractivity contribution is 0.0950. The SMILES string of the molecule is Cc1ccc(S(N)(=O)=O)cc1C(=O)NCc1ccccc1CN1CCCC1. The van der Waals surface area contributed by atoms with E-state index in [2.05, 4.69) is 16.3 Å². The molecular weight excluding hydrogens is 362 g/mol. The standard InChI is InChI=1S/C20H25N3O3S/c1-15-8-9-18(27(21,25)26)12-19(15)20(24)22-13-16-6-2-3-7-17(16)14-23-10-4-5-11-23/h2-3,6-9,12H,4-5,10-11,13-14H2,1H3,(H,22,24)(H2,21,25,26). The molecule has 1 heterocycles. The predicted molar refractivity (Wildman–Crippen MR) is 105 cm³/mol. The van der Waals surface area contributed by atoms with Crippen molar-refractivity contribution in [1.82, 2.24) is 10.2 Å². The summed E-state index contributed by atoms with van der Waals surface area (Å²) in [4.78, 5) is 15.0. The first-order valence-corrected chi connectivity index (χ1v) is 10.6. The van der Waals surface area contributed by atoms with E-state index >= 15 is 0 Å². The van der Waals surface area contributed by atoms with Crippen molar-refractivity contribution < 1.29 is 13.2 Å². The van der Waals surface area contributed by atoms with E-state index in [1.54, 1.807) is 13.0 Å². The summed E-state index contributed by atoms with van der Waals surface area (Å²) in [5.74, 6) is -0.311. The summed E-state index contributed by atoms with van der Waals surface area (Å²) in [5.41, 5.74) is 3.29. The van der Waals surface area contributed by atoms with Gasteiger partial charge >= 0.3 is 0 Å². The van der Waals surface area contributed by atoms with Gasteiger partial charge in [-0.3, -0.25) is 9.69 Å². The van der Waals surface area contributed by atoms with Gasteiger partial charge in [-0.15, -0.1) is 0 Å². The second-order valence-corrected chi connectivity index (χ2v) is 8.52. The number of sulfonamides is 1. The number of nitrogens with one attached hydrogen (secondary N) is 1. The first kappa shape index (κ1) is 19.5. The molecule has 1 aliphatic rings. The molecule has 0 unspecified atom stereocenters. The van der Waals surface area contributed by atoms with E-state index in [0.717, 1.165) is 25.2 Å². The van der Waals surface area contributed by atoms with Crippen LogP contribution in [0.1, 0.15) is 39.9 Å². The van der Waals surface area contributed by atoms with E-state index in [1.807, 2.05) is 18.2 Å². The van der Waals surface area contributed by atoms with Crippen LogP contribution in [0.5, 0.6) is 0 Å². The molecular formula is C20H25N3O3S. The van der Waals surface area contributed by atoms with Crippen LogP contribution >= 0.6 is 0 Å². The lowest BCUT2D eigenvalue weighted by Crippen LogP contribution is -2.26. The molecule has 3 rings (SSSR count). The molecule has 0 spiro atoms. The maximum absolute atomic E-state index is 12.6. The molecule has 7 heteroatoms. The van der Waals surface area contributed by atoms with Crippen LogP contribution in [0, 0.1) is 6.92 Å². The van der Waals surface area contributed by atoms with E-state index in [-0.39, 0.29) is 10.8 Å². The molecule has 27 heavy (non-hydrogen) atoms. The summed E-state index contributed by atoms with van der Waals surface area (Å²) in [6.07, 6.45) is 2.47. The van der Waals surface area contributed by atoms with Gasteiger partial charge in [-0.2, -0.15) is 0 Å². The molecule has 2 aromatic rings. The van der Waals surface area contributed by atoms with Crippen molar-refractivity contribution in [2.45, 2.75) is 37.8 Å². The number of hydrogen-bond donors (Lipinski definition) is 2. The fourth-order valence-electron chi connectivity index (χ4n) is 3.36. The highest BCUT2D eigenvalue weighted by atomic mass is 32.2. The van der Waals surface area contributed by atoms with Crippen molar-refractivity contribution in [2.75, 3.05) is 13.1 Å². The lowest BCUT2D eigenvalue weighted by Gasteiger charge is -2.18. The quantitative estimate of drug-likeness (QED) is 0.794. The Morgan fingerprint density at radius 2 is 1.78 bits per heavy atom. The molecule has 0 atom stereocenters. The van der Waals surface area contributed by atoms with Gasteiger partial charge in [0.25, 0.3) is 5.91 Å². The second kappa shape index (κ2) is 8.21. The monoisotopic (exact) mass is 387 g/mol. The van der Waals surface area contributed by atoms with Crippen molar-refractivity contribution in [2.24, 2.45) is 5.14 Å². The van der Waals surface area contributed by atoms with Gasteiger partial charge in [-0.1, -0.05) is 30.3 Å². The summed E-state index contributed by atoms with van der Waals surface area (Å²) in [7, 11) is -3.85. The number of likely N-dealkylation sites (tertiary alicyclic amines) is 1. The average Bonchev–Trinajstić information content (AvgIpc) is 3.13. The number of carbonyl (C=O) groups is 1. The number of amides is 1. The van der Waals surface area contributed by atoms with Crippen LogP contribution in [0.4, 0.5) is 0 Å². The first-order chi connectivity index (χ1) is 12.8. The van der Waals surface area contributed by atoms with Gasteiger partial charge in [0.2, 0.25) is 10.0 Å². The third-order valence-corrected chi connectivity index (χ3v) is 5.84. The van der Waals surface area contributed by atoms with Gasteiger partial charge in [0.15, 0.2) is 0 Å². The third-order valence-electron chi connectivity index (χ3n) is 4.93. The molecule has 0 aromatic heterocycles. The Hall–Kier alpha value is -2.22. The predicted octanol–water partition coefficient (Wildman–Crippen LogP) is 2.17. The Balaban J connectivity index is 1.73. The minimum atomic E-state index is -3.85. The number of aryl methyl sites for hydroxylation is 1. The van der Waals surface area contributed by atoms with Crippen LogP contribution in [0.15, 0.2) is 47.4 Å². The Morgan fingerprint density at radius 1 is 1.11 bits per heavy atom. The third kappa shape index (κ3) is 4.94. The largest absolute Gasteiger partial charge is 0.348 e. The van der Waals surface area contributed by atoms with E-state index in [1.165, 1.54) is 30.5 Å². The maximum Gasteiger partial charge on any atom is 0.251 e. The molecule has 1 saturated heterocycles. The van der Waals surface area contributed by atoms with Crippen molar-refractivity contribution in [3.05, 3.63) is 64.7 Å². The number of nitrogens with two attached hydrogens (primary N) is 1. The van der Waals surface area contributed by atoms with Crippen LogP contribution in [0.3, 0.4) is 0 Å². The molecule has 1 fully saturated rings. The van der Waals surface area contributed by atoms with E-state index in [0.29, 0.717) is 17.7 Å². The molecule has 144 valence electrons. The van der Waals surface area contributed by atoms with Crippen molar-refractivity contribution in [3.8, 4) is 0 Å². The highest BCUT2D eigenvalue weighted by Gasteiger charge is 2.16. The number of primary sulfonamides is 1. The van der Waals surface area contributed by atoms with Crippen LogP contribution in [-0.2, 0) is 23.1 Å². The second-order valence-electron chi connectivity index (χ2n) is 6.96. The summed E-state index contributed by atoms with van der Waals surface area (Å²) < 4.78 is 23.1. The molecule has 0 radical (unpaired) electrons. The zero-order chi connectivity index (χ0) is 19.4. The van der Waals surface area contributed by atoms with Gasteiger partial charge in [0.05, 0.1) is 4.90 Å². The molecule has 0 saturated carbocycles. The Kier molecular flexibility index (Phi) is 5.94. The summed E-state index contributed by atoms with van der Waals surface area (Å²) in [6, 6.07) is 12.4. The van der Waals surface area contributed by atoms with Gasteiger partial charge in [0, 0.05) is 18.7 Å². The minimum Gasteiger partial charge on any atom is -0.348 e. The molecule has 0 aliphatic carbocycles. The van der Waals surface area contributed by atoms with Gasteiger partial charge in [-0.05, 0) is 61.7 Å². The number of rotatable bonds is 6. The van der Waals surface area contributed by atoms with Crippen LogP contribution in [0.25, 0.3) is 0 Å². The highest BCUT2D eigenvalue weighted by Crippen LogP contribution is 2.17. The summed E-state index contributed by atoms with van der Waals surface area (Å²) in [6.45, 7) is 5.26. The summed E-state index contributed by atoms with van der Waals surface area (Å²) >= 11 is 0. The Bertz CT molecular complexity index is 935. The van der Waals surface area contributed by atoms with Crippen LogP contribution in [0.2, 0.25) is 0 Å². The van der Waals surface area contributed by atoms with Crippen molar-refractivity contribution >= 4 is 15.9 Å². The fraction of sp³-hybridized carbons (Fsp3) is 0.350. The van der Waals surface area contributed by atoms with Crippen molar-refractivity contribution in [3.63, 3.8) is 0 Å². The average molecular weight is 388 g/mol. The molecule has 2 aromatic carbocycles. The van der Waals surface area contributed by atoms with E-state index in [9.17, 15) is 13.2 Å². The molecule has 0 bridgehead atoms. The van der Waals surface area contributed by atoms with Gasteiger partial charge in [0.1, 0.15) is 0 Å². The molecule has 1 aliphatic heterocycles. The molecule has 6 nitrogen and oxygen atoms in total. The number of carbonyl (C=O) groups excluding carboxylic acids is 1. The molecule has 1 amide bonds. The van der Waals surface area contributed by atoms with E-state index < -0.39 is 10.0 Å². The lowest BCUT2D eigenvalue weighted by atomic mass is 10.1. The zero-order valence-corrected chi connectivity index (χ0v) is 16.3. The fourth-order valence-corrected chi connectivity index (χ4v) is 3.90. The highest BCUT2D eigenvalue weighted by molar-refractivity contribution is 7.89. The Labute approximate surface area is 160 Å². The summed E-state index contributed by atoms with van der Waals surface area (Å²) in [5, 5.41) is 8.08. The first-order valence-electron chi connectivity index (χ1n) is 9.05. The number of nitrogens with zero attached hydrogens (tertiary/aromatic N) is 1. The number of benzene rings is 2. The van der Waals surface area contributed by atoms with Crippen molar-refractivity contribution in [1.29, 1.82) is 0 Å². The van der Waals surface area contributed by atoms with Gasteiger partial charge < -0.3 is 5.32 Å². The zero-order valence-electron chi connectivity index (χ0n) is 15.4.